The molecule has 1 aromatic carbocycles. The van der Waals surface area contributed by atoms with E-state index in [9.17, 15) is 0 Å². The molecule has 0 bridgehead atoms. The molecule has 2 nitrogen and oxygen atoms in total. The highest BCUT2D eigenvalue weighted by molar-refractivity contribution is 5.56. The van der Waals surface area contributed by atoms with E-state index in [0.717, 1.165) is 16.7 Å². The number of aliphatic hydroxyl groups is 1. The first-order valence-electron chi connectivity index (χ1n) is 4.62. The van der Waals surface area contributed by atoms with Gasteiger partial charge in [0.2, 0.25) is 0 Å². The van der Waals surface area contributed by atoms with Crippen molar-refractivity contribution in [2.45, 2.75) is 13.5 Å². The summed E-state index contributed by atoms with van der Waals surface area (Å²) in [6.07, 6.45) is 1.98. The van der Waals surface area contributed by atoms with Crippen molar-refractivity contribution in [1.29, 1.82) is 0 Å². The Balaban J connectivity index is 2.95. The maximum Gasteiger partial charge on any atom is 0.0718 e. The second kappa shape index (κ2) is 5.58. The van der Waals surface area contributed by atoms with E-state index >= 15 is 0 Å². The Labute approximate surface area is 84.8 Å². The molecular weight excluding hydrogens is 176 g/mol. The lowest BCUT2D eigenvalue weighted by Gasteiger charge is -2.05. The molecule has 1 N–H and O–H groups in total. The molecule has 0 spiro atoms. The van der Waals surface area contributed by atoms with Gasteiger partial charge >= 0.3 is 0 Å². The average molecular weight is 192 g/mol. The molecule has 0 aromatic heterocycles. The number of rotatable bonds is 4. The second-order valence-corrected chi connectivity index (χ2v) is 3.28. The third kappa shape index (κ3) is 2.98. The minimum atomic E-state index is 0.0985. The van der Waals surface area contributed by atoms with Gasteiger partial charge in [0.15, 0.2) is 0 Å². The standard InChI is InChI=1S/C12H16O2/c1-10(8-13)7-11-5-3-4-6-12(11)9-14-2/h3-7,13H,8-9H2,1-2H3. The van der Waals surface area contributed by atoms with Gasteiger partial charge < -0.3 is 9.84 Å². The molecule has 0 heterocycles. The predicted octanol–water partition coefficient (Wildman–Crippen LogP) is 2.23. The first-order valence-corrected chi connectivity index (χ1v) is 4.62. The summed E-state index contributed by atoms with van der Waals surface area (Å²) in [6.45, 7) is 2.61. The Bertz CT molecular complexity index is 316. The van der Waals surface area contributed by atoms with E-state index in [1.165, 1.54) is 0 Å². The van der Waals surface area contributed by atoms with Gasteiger partial charge in [0, 0.05) is 7.11 Å². The van der Waals surface area contributed by atoms with Gasteiger partial charge in [0.1, 0.15) is 0 Å². The summed E-state index contributed by atoms with van der Waals surface area (Å²) in [7, 11) is 1.68. The maximum atomic E-state index is 8.92. The predicted molar refractivity (Wildman–Crippen MR) is 57.9 cm³/mol. The fraction of sp³-hybridized carbons (Fsp3) is 0.333. The zero-order valence-corrected chi connectivity index (χ0v) is 8.66. The number of aliphatic hydroxyl groups excluding tert-OH is 1. The van der Waals surface area contributed by atoms with Gasteiger partial charge in [-0.2, -0.15) is 0 Å². The highest BCUT2D eigenvalue weighted by Gasteiger charge is 1.98. The molecule has 0 atom stereocenters. The fourth-order valence-corrected chi connectivity index (χ4v) is 1.27. The van der Waals surface area contributed by atoms with Crippen molar-refractivity contribution in [3.8, 4) is 0 Å². The van der Waals surface area contributed by atoms with E-state index in [-0.39, 0.29) is 6.61 Å². The van der Waals surface area contributed by atoms with Crippen LogP contribution >= 0.6 is 0 Å². The van der Waals surface area contributed by atoms with Crippen LogP contribution in [0.1, 0.15) is 18.1 Å². The maximum absolute atomic E-state index is 8.92. The first kappa shape index (κ1) is 11.0. The van der Waals surface area contributed by atoms with Crippen molar-refractivity contribution in [3.05, 3.63) is 41.0 Å². The largest absolute Gasteiger partial charge is 0.392 e. The van der Waals surface area contributed by atoms with Crippen LogP contribution in [0.5, 0.6) is 0 Å². The van der Waals surface area contributed by atoms with Crippen molar-refractivity contribution < 1.29 is 9.84 Å². The minimum Gasteiger partial charge on any atom is -0.392 e. The summed E-state index contributed by atoms with van der Waals surface area (Å²) in [5.74, 6) is 0. The Hall–Kier alpha value is -1.12. The highest BCUT2D eigenvalue weighted by Crippen LogP contribution is 2.13. The summed E-state index contributed by atoms with van der Waals surface area (Å²) in [4.78, 5) is 0. The summed E-state index contributed by atoms with van der Waals surface area (Å²) in [6, 6.07) is 8.02. The third-order valence-corrected chi connectivity index (χ3v) is 2.01. The Kier molecular flexibility index (Phi) is 4.36. The van der Waals surface area contributed by atoms with E-state index in [1.807, 2.05) is 37.3 Å². The fourth-order valence-electron chi connectivity index (χ4n) is 1.27. The molecule has 0 amide bonds. The number of hydrogen-bond donors (Lipinski definition) is 1. The van der Waals surface area contributed by atoms with Crippen LogP contribution in [0, 0.1) is 0 Å². The van der Waals surface area contributed by atoms with Crippen molar-refractivity contribution in [2.24, 2.45) is 0 Å². The minimum absolute atomic E-state index is 0.0985. The molecule has 0 saturated heterocycles. The molecule has 76 valence electrons. The van der Waals surface area contributed by atoms with Gasteiger partial charge in [0.05, 0.1) is 13.2 Å². The summed E-state index contributed by atoms with van der Waals surface area (Å²) in [5, 5.41) is 8.92. The molecule has 0 radical (unpaired) electrons. The molecule has 2 heteroatoms. The number of benzene rings is 1. The molecule has 1 rings (SSSR count). The van der Waals surface area contributed by atoms with E-state index in [1.54, 1.807) is 7.11 Å². The van der Waals surface area contributed by atoms with Crippen LogP contribution in [0.25, 0.3) is 6.08 Å². The Morgan fingerprint density at radius 1 is 1.43 bits per heavy atom. The van der Waals surface area contributed by atoms with Gasteiger partial charge in [0.25, 0.3) is 0 Å². The van der Waals surface area contributed by atoms with Crippen molar-refractivity contribution in [3.63, 3.8) is 0 Å². The van der Waals surface area contributed by atoms with Gasteiger partial charge in [-0.05, 0) is 23.6 Å². The lowest BCUT2D eigenvalue weighted by molar-refractivity contribution is 0.184. The first-order chi connectivity index (χ1) is 6.77. The van der Waals surface area contributed by atoms with Crippen LogP contribution in [-0.2, 0) is 11.3 Å². The van der Waals surface area contributed by atoms with Crippen LogP contribution in [0.2, 0.25) is 0 Å². The number of ether oxygens (including phenoxy) is 1. The monoisotopic (exact) mass is 192 g/mol. The summed E-state index contributed by atoms with van der Waals surface area (Å²) in [5.41, 5.74) is 3.21. The molecule has 0 unspecified atom stereocenters. The summed E-state index contributed by atoms with van der Waals surface area (Å²) < 4.78 is 5.09. The smallest absolute Gasteiger partial charge is 0.0718 e. The van der Waals surface area contributed by atoms with Crippen LogP contribution < -0.4 is 0 Å². The molecule has 0 saturated carbocycles. The molecule has 0 fully saturated rings. The average Bonchev–Trinajstić information content (AvgIpc) is 2.21. The van der Waals surface area contributed by atoms with Gasteiger partial charge in [-0.1, -0.05) is 30.3 Å². The zero-order chi connectivity index (χ0) is 10.4. The molecule has 0 aliphatic rings. The van der Waals surface area contributed by atoms with Crippen molar-refractivity contribution in [1.82, 2.24) is 0 Å². The molecular formula is C12H16O2. The van der Waals surface area contributed by atoms with Gasteiger partial charge in [-0.3, -0.25) is 0 Å². The number of methoxy groups -OCH3 is 1. The molecule has 0 aliphatic carbocycles. The molecule has 1 aromatic rings. The normalized spacial score (nSPS) is 11.8. The van der Waals surface area contributed by atoms with E-state index in [0.29, 0.717) is 6.61 Å². The lowest BCUT2D eigenvalue weighted by atomic mass is 10.1. The van der Waals surface area contributed by atoms with Crippen LogP contribution in [-0.4, -0.2) is 18.8 Å². The highest BCUT2D eigenvalue weighted by atomic mass is 16.5. The molecule has 14 heavy (non-hydrogen) atoms. The van der Waals surface area contributed by atoms with Crippen molar-refractivity contribution >= 4 is 6.08 Å². The molecule has 0 aliphatic heterocycles. The van der Waals surface area contributed by atoms with Crippen molar-refractivity contribution in [2.75, 3.05) is 13.7 Å². The zero-order valence-electron chi connectivity index (χ0n) is 8.66. The van der Waals surface area contributed by atoms with Crippen LogP contribution in [0.4, 0.5) is 0 Å². The Morgan fingerprint density at radius 2 is 2.14 bits per heavy atom. The van der Waals surface area contributed by atoms with Crippen LogP contribution in [0.3, 0.4) is 0 Å². The lowest BCUT2D eigenvalue weighted by Crippen LogP contribution is -1.92. The Morgan fingerprint density at radius 3 is 2.79 bits per heavy atom. The van der Waals surface area contributed by atoms with Crippen LogP contribution in [0.15, 0.2) is 29.8 Å². The quantitative estimate of drug-likeness (QED) is 0.792. The summed E-state index contributed by atoms with van der Waals surface area (Å²) >= 11 is 0. The SMILES string of the molecule is COCc1ccccc1C=C(C)CO. The van der Waals surface area contributed by atoms with E-state index in [2.05, 4.69) is 0 Å². The van der Waals surface area contributed by atoms with E-state index < -0.39 is 0 Å². The van der Waals surface area contributed by atoms with Gasteiger partial charge in [-0.25, -0.2) is 0 Å². The second-order valence-electron chi connectivity index (χ2n) is 3.28. The topological polar surface area (TPSA) is 29.5 Å². The number of hydrogen-bond acceptors (Lipinski definition) is 2. The van der Waals surface area contributed by atoms with Gasteiger partial charge in [-0.15, -0.1) is 0 Å². The van der Waals surface area contributed by atoms with E-state index in [4.69, 9.17) is 9.84 Å². The third-order valence-electron chi connectivity index (χ3n) is 2.01.